The Kier molecular flexibility index (Phi) is 2.40. The molecule has 1 aromatic heterocycles. The molecule has 6 nitrogen and oxygen atoms in total. The number of hydrogen-bond donors (Lipinski definition) is 0. The van der Waals surface area contributed by atoms with Crippen molar-refractivity contribution >= 4 is 16.7 Å². The summed E-state index contributed by atoms with van der Waals surface area (Å²) in [5, 5.41) is 12.2. The molecule has 0 unspecified atom stereocenters. The third-order valence-corrected chi connectivity index (χ3v) is 2.51. The van der Waals surface area contributed by atoms with E-state index in [0.29, 0.717) is 11.2 Å². The highest BCUT2D eigenvalue weighted by Crippen LogP contribution is 2.19. The van der Waals surface area contributed by atoms with Gasteiger partial charge in [-0.2, -0.15) is 4.80 Å². The summed E-state index contributed by atoms with van der Waals surface area (Å²) in [6.07, 6.45) is 0. The molecule has 6 heteroatoms. The molecule has 1 heterocycles. The van der Waals surface area contributed by atoms with E-state index in [1.54, 1.807) is 23.0 Å². The molecule has 86 valence electrons. The molecule has 0 saturated heterocycles. The maximum atomic E-state index is 8.39. The van der Waals surface area contributed by atoms with Crippen LogP contribution in [0.25, 0.3) is 27.2 Å². The molecular weight excluding hydrogens is 228 g/mol. The van der Waals surface area contributed by atoms with Crippen molar-refractivity contribution in [2.75, 3.05) is 0 Å². The number of para-hydroxylation sites is 1. The lowest BCUT2D eigenvalue weighted by Gasteiger charge is -1.96. The second-order valence-electron chi connectivity index (χ2n) is 3.69. The lowest BCUT2D eigenvalue weighted by molar-refractivity contribution is 0.766. The predicted octanol–water partition coefficient (Wildman–Crippen LogP) is 3.36. The summed E-state index contributed by atoms with van der Waals surface area (Å²) in [5.41, 5.74) is 11.3. The van der Waals surface area contributed by atoms with E-state index in [0.717, 1.165) is 11.2 Å². The van der Waals surface area contributed by atoms with Crippen molar-refractivity contribution in [3.8, 4) is 5.69 Å². The van der Waals surface area contributed by atoms with Crippen molar-refractivity contribution in [3.63, 3.8) is 0 Å². The first-order valence-electron chi connectivity index (χ1n) is 5.34. The van der Waals surface area contributed by atoms with Crippen molar-refractivity contribution in [3.05, 3.63) is 59.0 Å². The van der Waals surface area contributed by atoms with Crippen LogP contribution in [0, 0.1) is 0 Å². The molecule has 0 N–H and O–H groups in total. The Morgan fingerprint density at radius 2 is 1.78 bits per heavy atom. The summed E-state index contributed by atoms with van der Waals surface area (Å²) in [5.74, 6) is 0. The van der Waals surface area contributed by atoms with Gasteiger partial charge in [0.15, 0.2) is 0 Å². The molecule has 0 radical (unpaired) electrons. The predicted molar refractivity (Wildman–Crippen MR) is 67.7 cm³/mol. The van der Waals surface area contributed by atoms with Gasteiger partial charge in [0.25, 0.3) is 0 Å². The van der Waals surface area contributed by atoms with E-state index in [1.165, 1.54) is 0 Å². The standard InChI is InChI=1S/C12H8N6/c13-17-14-9-6-7-11-12(8-9)16-18(15-11)10-4-2-1-3-5-10/h1-8H. The van der Waals surface area contributed by atoms with Gasteiger partial charge < -0.3 is 0 Å². The Bertz CT molecular complexity index is 740. The molecule has 0 aliphatic rings. The molecule has 18 heavy (non-hydrogen) atoms. The first kappa shape index (κ1) is 10.3. The Morgan fingerprint density at radius 1 is 1.00 bits per heavy atom. The molecule has 3 rings (SSSR count). The number of fused-ring (bicyclic) bond motifs is 1. The summed E-state index contributed by atoms with van der Waals surface area (Å²) in [6, 6.07) is 14.8. The lowest BCUT2D eigenvalue weighted by Crippen LogP contribution is -1.97. The molecule has 2 aromatic carbocycles. The summed E-state index contributed by atoms with van der Waals surface area (Å²) in [6.45, 7) is 0. The van der Waals surface area contributed by atoms with Crippen LogP contribution >= 0.6 is 0 Å². The SMILES string of the molecule is [N-]=[N+]=Nc1ccc2nn(-c3ccccc3)nc2c1. The van der Waals surface area contributed by atoms with Gasteiger partial charge in [0.2, 0.25) is 0 Å². The molecule has 0 fully saturated rings. The van der Waals surface area contributed by atoms with Gasteiger partial charge >= 0.3 is 0 Å². The highest BCUT2D eigenvalue weighted by Gasteiger charge is 2.04. The van der Waals surface area contributed by atoms with E-state index in [9.17, 15) is 0 Å². The highest BCUT2D eigenvalue weighted by molar-refractivity contribution is 5.77. The zero-order valence-electron chi connectivity index (χ0n) is 9.30. The molecule has 0 spiro atoms. The third kappa shape index (κ3) is 1.77. The Labute approximate surface area is 102 Å². The van der Waals surface area contributed by atoms with Crippen LogP contribution in [-0.2, 0) is 0 Å². The Balaban J connectivity index is 2.14. The molecule has 3 aromatic rings. The number of benzene rings is 2. The average Bonchev–Trinajstić information content (AvgIpc) is 2.83. The van der Waals surface area contributed by atoms with Crippen LogP contribution in [0.4, 0.5) is 5.69 Å². The monoisotopic (exact) mass is 236 g/mol. The van der Waals surface area contributed by atoms with Gasteiger partial charge in [-0.05, 0) is 29.8 Å². The van der Waals surface area contributed by atoms with E-state index in [4.69, 9.17) is 5.53 Å². The number of rotatable bonds is 2. The minimum absolute atomic E-state index is 0.533. The van der Waals surface area contributed by atoms with E-state index in [-0.39, 0.29) is 0 Å². The smallest absolute Gasteiger partial charge is 0.114 e. The van der Waals surface area contributed by atoms with E-state index >= 15 is 0 Å². The number of aromatic nitrogens is 3. The normalized spacial score (nSPS) is 10.2. The van der Waals surface area contributed by atoms with Gasteiger partial charge in [-0.1, -0.05) is 29.4 Å². The number of azide groups is 1. The van der Waals surface area contributed by atoms with Gasteiger partial charge in [0.05, 0.1) is 5.69 Å². The van der Waals surface area contributed by atoms with Gasteiger partial charge in [0.1, 0.15) is 11.0 Å². The van der Waals surface area contributed by atoms with E-state index in [2.05, 4.69) is 20.2 Å². The maximum absolute atomic E-state index is 8.39. The van der Waals surface area contributed by atoms with Crippen molar-refractivity contribution in [2.24, 2.45) is 5.11 Å². The van der Waals surface area contributed by atoms with Gasteiger partial charge in [0, 0.05) is 10.6 Å². The van der Waals surface area contributed by atoms with E-state index < -0.39 is 0 Å². The van der Waals surface area contributed by atoms with E-state index in [1.807, 2.05) is 30.3 Å². The van der Waals surface area contributed by atoms with Crippen molar-refractivity contribution in [2.45, 2.75) is 0 Å². The first-order valence-corrected chi connectivity index (χ1v) is 5.34. The molecule has 0 bridgehead atoms. The molecule has 0 aliphatic heterocycles. The zero-order chi connectivity index (χ0) is 12.4. The fraction of sp³-hybridized carbons (Fsp3) is 0. The fourth-order valence-electron chi connectivity index (χ4n) is 1.69. The first-order chi connectivity index (χ1) is 8.86. The molecule has 0 amide bonds. The second-order valence-corrected chi connectivity index (χ2v) is 3.69. The van der Waals surface area contributed by atoms with Crippen LogP contribution in [0.2, 0.25) is 0 Å². The Hall–Kier alpha value is -2.85. The molecule has 0 atom stereocenters. The summed E-state index contributed by atoms with van der Waals surface area (Å²) < 4.78 is 0. The number of nitrogens with zero attached hydrogens (tertiary/aromatic N) is 6. The topological polar surface area (TPSA) is 79.5 Å². The van der Waals surface area contributed by atoms with Crippen LogP contribution in [0.1, 0.15) is 0 Å². The fourth-order valence-corrected chi connectivity index (χ4v) is 1.69. The third-order valence-electron chi connectivity index (χ3n) is 2.51. The van der Waals surface area contributed by atoms with Crippen molar-refractivity contribution in [1.29, 1.82) is 0 Å². The maximum Gasteiger partial charge on any atom is 0.114 e. The van der Waals surface area contributed by atoms with Crippen LogP contribution in [-0.4, -0.2) is 15.0 Å². The van der Waals surface area contributed by atoms with Crippen molar-refractivity contribution < 1.29 is 0 Å². The van der Waals surface area contributed by atoms with Crippen LogP contribution in [0.5, 0.6) is 0 Å². The minimum Gasteiger partial charge on any atom is -0.150 e. The van der Waals surface area contributed by atoms with Crippen molar-refractivity contribution in [1.82, 2.24) is 15.0 Å². The number of hydrogen-bond acceptors (Lipinski definition) is 3. The van der Waals surface area contributed by atoms with Gasteiger partial charge in [-0.3, -0.25) is 0 Å². The molecule has 0 aliphatic carbocycles. The highest BCUT2D eigenvalue weighted by atomic mass is 15.5. The van der Waals surface area contributed by atoms with Crippen LogP contribution in [0.15, 0.2) is 53.6 Å². The summed E-state index contributed by atoms with van der Waals surface area (Å²) in [4.78, 5) is 4.31. The van der Waals surface area contributed by atoms with Gasteiger partial charge in [-0.15, -0.1) is 10.2 Å². The summed E-state index contributed by atoms with van der Waals surface area (Å²) >= 11 is 0. The van der Waals surface area contributed by atoms with Gasteiger partial charge in [-0.25, -0.2) is 0 Å². The average molecular weight is 236 g/mol. The summed E-state index contributed by atoms with van der Waals surface area (Å²) in [7, 11) is 0. The molecule has 0 saturated carbocycles. The zero-order valence-corrected chi connectivity index (χ0v) is 9.30. The van der Waals surface area contributed by atoms with Crippen LogP contribution < -0.4 is 0 Å². The Morgan fingerprint density at radius 3 is 2.56 bits per heavy atom. The largest absolute Gasteiger partial charge is 0.150 e. The molecular formula is C12H8N6. The quantitative estimate of drug-likeness (QED) is 0.388. The minimum atomic E-state index is 0.533. The lowest BCUT2D eigenvalue weighted by atomic mass is 10.3. The second kappa shape index (κ2) is 4.20. The van der Waals surface area contributed by atoms with Crippen LogP contribution in [0.3, 0.4) is 0 Å².